The van der Waals surface area contributed by atoms with Gasteiger partial charge in [0.25, 0.3) is 0 Å². The van der Waals surface area contributed by atoms with Crippen LogP contribution in [0, 0.1) is 18.8 Å². The van der Waals surface area contributed by atoms with Gasteiger partial charge in [-0.2, -0.15) is 0 Å². The average molecular weight is 252 g/mol. The van der Waals surface area contributed by atoms with Crippen molar-refractivity contribution in [2.75, 3.05) is 6.61 Å². The molecule has 0 aliphatic rings. The predicted octanol–water partition coefficient (Wildman–Crippen LogP) is 3.10. The van der Waals surface area contributed by atoms with E-state index in [-0.39, 0.29) is 6.61 Å². The normalized spacial score (nSPS) is 9.79. The number of phenols is 1. The van der Waals surface area contributed by atoms with E-state index in [1.807, 2.05) is 43.3 Å². The molecule has 0 bridgehead atoms. The lowest BCUT2D eigenvalue weighted by Crippen LogP contribution is -1.82. The summed E-state index contributed by atoms with van der Waals surface area (Å²) in [6.07, 6.45) is 0.499. The Bertz CT molecular complexity index is 616. The van der Waals surface area contributed by atoms with Gasteiger partial charge in [0.15, 0.2) is 0 Å². The number of aryl methyl sites for hydroxylation is 1. The number of aliphatic hydroxyl groups excluding tert-OH is 1. The van der Waals surface area contributed by atoms with Gasteiger partial charge >= 0.3 is 0 Å². The number of aliphatic hydroxyl groups is 1. The molecule has 0 saturated heterocycles. The highest BCUT2D eigenvalue weighted by atomic mass is 16.3. The Labute approximate surface area is 113 Å². The number of rotatable bonds is 2. The minimum atomic E-state index is 0.0951. The molecule has 0 aliphatic heterocycles. The minimum Gasteiger partial charge on any atom is -0.508 e. The molecule has 0 saturated carbocycles. The first-order chi connectivity index (χ1) is 9.20. The molecule has 2 N–H and O–H groups in total. The van der Waals surface area contributed by atoms with E-state index < -0.39 is 0 Å². The average Bonchev–Trinajstić information content (AvgIpc) is 2.43. The molecule has 0 aromatic heterocycles. The Kier molecular flexibility index (Phi) is 4.22. The van der Waals surface area contributed by atoms with Crippen LogP contribution in [0.1, 0.15) is 17.5 Å². The summed E-state index contributed by atoms with van der Waals surface area (Å²) in [6.45, 7) is 1.98. The second-order valence-electron chi connectivity index (χ2n) is 4.35. The van der Waals surface area contributed by atoms with E-state index in [2.05, 4.69) is 11.8 Å². The SMILES string of the molecule is Cc1cc(-c2ccc(C#CCCO)cc2)ccc1O. The highest BCUT2D eigenvalue weighted by Gasteiger charge is 2.00. The van der Waals surface area contributed by atoms with Crippen LogP contribution < -0.4 is 0 Å². The molecule has 19 heavy (non-hydrogen) atoms. The fraction of sp³-hybridized carbons (Fsp3) is 0.176. The van der Waals surface area contributed by atoms with E-state index >= 15 is 0 Å². The van der Waals surface area contributed by atoms with Crippen LogP contribution in [-0.4, -0.2) is 16.8 Å². The van der Waals surface area contributed by atoms with Gasteiger partial charge in [0.2, 0.25) is 0 Å². The van der Waals surface area contributed by atoms with Crippen molar-refractivity contribution >= 4 is 0 Å². The summed E-state index contributed by atoms with van der Waals surface area (Å²) < 4.78 is 0. The van der Waals surface area contributed by atoms with Crippen LogP contribution in [0.15, 0.2) is 42.5 Å². The van der Waals surface area contributed by atoms with E-state index in [1.165, 1.54) is 0 Å². The molecule has 0 spiro atoms. The van der Waals surface area contributed by atoms with Crippen molar-refractivity contribution in [3.8, 4) is 28.7 Å². The van der Waals surface area contributed by atoms with Gasteiger partial charge in [-0.25, -0.2) is 0 Å². The number of hydrogen-bond acceptors (Lipinski definition) is 2. The molecule has 0 heterocycles. The molecule has 2 heteroatoms. The van der Waals surface area contributed by atoms with E-state index in [0.29, 0.717) is 12.2 Å². The summed E-state index contributed by atoms with van der Waals surface area (Å²) in [5, 5.41) is 18.2. The van der Waals surface area contributed by atoms with Crippen LogP contribution in [-0.2, 0) is 0 Å². The maximum atomic E-state index is 9.52. The zero-order valence-electron chi connectivity index (χ0n) is 10.9. The monoisotopic (exact) mass is 252 g/mol. The lowest BCUT2D eigenvalue weighted by molar-refractivity contribution is 0.305. The first-order valence-corrected chi connectivity index (χ1v) is 6.20. The van der Waals surface area contributed by atoms with Crippen LogP contribution in [0.25, 0.3) is 11.1 Å². The van der Waals surface area contributed by atoms with E-state index in [1.54, 1.807) is 6.07 Å². The number of benzene rings is 2. The highest BCUT2D eigenvalue weighted by Crippen LogP contribution is 2.25. The lowest BCUT2D eigenvalue weighted by Gasteiger charge is -2.04. The molecular weight excluding hydrogens is 236 g/mol. The zero-order valence-corrected chi connectivity index (χ0v) is 10.9. The molecule has 0 aliphatic carbocycles. The maximum absolute atomic E-state index is 9.52. The van der Waals surface area contributed by atoms with Gasteiger partial charge in [-0.05, 0) is 47.9 Å². The summed E-state index contributed by atoms with van der Waals surface area (Å²) in [4.78, 5) is 0. The van der Waals surface area contributed by atoms with Crippen molar-refractivity contribution in [1.29, 1.82) is 0 Å². The molecular formula is C17H16O2. The molecule has 96 valence electrons. The van der Waals surface area contributed by atoms with Gasteiger partial charge in [-0.3, -0.25) is 0 Å². The second-order valence-corrected chi connectivity index (χ2v) is 4.35. The topological polar surface area (TPSA) is 40.5 Å². The summed E-state index contributed by atoms with van der Waals surface area (Å²) >= 11 is 0. The van der Waals surface area contributed by atoms with Crippen LogP contribution in [0.4, 0.5) is 0 Å². The largest absolute Gasteiger partial charge is 0.508 e. The van der Waals surface area contributed by atoms with Crippen molar-refractivity contribution in [3.63, 3.8) is 0 Å². The number of phenolic OH excluding ortho intramolecular Hbond substituents is 1. The van der Waals surface area contributed by atoms with Gasteiger partial charge in [-0.15, -0.1) is 0 Å². The Morgan fingerprint density at radius 3 is 2.32 bits per heavy atom. The van der Waals surface area contributed by atoms with Gasteiger partial charge in [0, 0.05) is 12.0 Å². The molecule has 2 aromatic rings. The van der Waals surface area contributed by atoms with E-state index in [9.17, 15) is 5.11 Å². The van der Waals surface area contributed by atoms with E-state index in [4.69, 9.17) is 5.11 Å². The van der Waals surface area contributed by atoms with Crippen molar-refractivity contribution < 1.29 is 10.2 Å². The Morgan fingerprint density at radius 2 is 1.68 bits per heavy atom. The molecule has 0 fully saturated rings. The summed E-state index contributed by atoms with van der Waals surface area (Å²) in [6, 6.07) is 13.5. The molecule has 0 atom stereocenters. The first kappa shape index (κ1) is 13.2. The summed E-state index contributed by atoms with van der Waals surface area (Å²) in [5.74, 6) is 6.20. The van der Waals surface area contributed by atoms with Crippen molar-refractivity contribution in [1.82, 2.24) is 0 Å². The van der Waals surface area contributed by atoms with Crippen LogP contribution in [0.3, 0.4) is 0 Å². The molecule has 0 amide bonds. The first-order valence-electron chi connectivity index (χ1n) is 6.20. The minimum absolute atomic E-state index is 0.0951. The van der Waals surface area contributed by atoms with Crippen LogP contribution in [0.2, 0.25) is 0 Å². The van der Waals surface area contributed by atoms with Crippen molar-refractivity contribution in [3.05, 3.63) is 53.6 Å². The molecule has 0 radical (unpaired) electrons. The fourth-order valence-electron chi connectivity index (χ4n) is 1.80. The highest BCUT2D eigenvalue weighted by molar-refractivity contribution is 5.66. The van der Waals surface area contributed by atoms with E-state index in [0.717, 1.165) is 22.3 Å². The third-order valence-corrected chi connectivity index (χ3v) is 2.88. The summed E-state index contributed by atoms with van der Waals surface area (Å²) in [7, 11) is 0. The molecule has 2 nitrogen and oxygen atoms in total. The molecule has 2 rings (SSSR count). The van der Waals surface area contributed by atoms with Crippen molar-refractivity contribution in [2.45, 2.75) is 13.3 Å². The van der Waals surface area contributed by atoms with Gasteiger partial charge in [-0.1, -0.05) is 30.0 Å². The maximum Gasteiger partial charge on any atom is 0.118 e. The van der Waals surface area contributed by atoms with Crippen molar-refractivity contribution in [2.24, 2.45) is 0 Å². The molecule has 0 unspecified atom stereocenters. The van der Waals surface area contributed by atoms with Gasteiger partial charge < -0.3 is 10.2 Å². The third kappa shape index (κ3) is 3.37. The fourth-order valence-corrected chi connectivity index (χ4v) is 1.80. The lowest BCUT2D eigenvalue weighted by atomic mass is 10.0. The standard InChI is InChI=1S/C17H16O2/c1-13-12-16(9-10-17(13)19)15-7-5-14(6-8-15)4-2-3-11-18/h5-10,12,18-19H,3,11H2,1H3. The quantitative estimate of drug-likeness (QED) is 0.806. The molecule has 2 aromatic carbocycles. The smallest absolute Gasteiger partial charge is 0.118 e. The summed E-state index contributed by atoms with van der Waals surface area (Å²) in [5.41, 5.74) is 3.97. The predicted molar refractivity (Wildman–Crippen MR) is 76.9 cm³/mol. The third-order valence-electron chi connectivity index (χ3n) is 2.88. The number of hydrogen-bond donors (Lipinski definition) is 2. The van der Waals surface area contributed by atoms with Gasteiger partial charge in [0.05, 0.1) is 6.61 Å². The number of aromatic hydroxyl groups is 1. The second kappa shape index (κ2) is 6.08. The zero-order chi connectivity index (χ0) is 13.7. The van der Waals surface area contributed by atoms with Crippen LogP contribution >= 0.6 is 0 Å². The Balaban J connectivity index is 2.23. The van der Waals surface area contributed by atoms with Crippen LogP contribution in [0.5, 0.6) is 5.75 Å². The Hall–Kier alpha value is -2.24. The Morgan fingerprint density at radius 1 is 1.00 bits per heavy atom. The van der Waals surface area contributed by atoms with Gasteiger partial charge in [0.1, 0.15) is 5.75 Å².